The number of rotatable bonds is 0. The van der Waals surface area contributed by atoms with Gasteiger partial charge in [-0.3, -0.25) is 0 Å². The Hall–Kier alpha value is -2.71. The van der Waals surface area contributed by atoms with Crippen molar-refractivity contribution in [3.8, 4) is 18.2 Å². The van der Waals surface area contributed by atoms with Gasteiger partial charge >= 0.3 is 0 Å². The summed E-state index contributed by atoms with van der Waals surface area (Å²) >= 11 is 0. The highest BCUT2D eigenvalue weighted by molar-refractivity contribution is 5.79. The molecule has 0 aliphatic heterocycles. The Morgan fingerprint density at radius 1 is 0.800 bits per heavy atom. The maximum atomic E-state index is 8.83. The average molecular weight is 197 g/mol. The third-order valence-corrected chi connectivity index (χ3v) is 2.17. The molecule has 0 heterocycles. The summed E-state index contributed by atoms with van der Waals surface area (Å²) in [4.78, 5) is 0. The predicted octanol–water partition coefficient (Wildman–Crippen LogP) is 0.774. The standard InChI is InChI=1S/C10H7N5/c1-5-6(2-11)10(15)8(4-13)7(3-12)9(5)14/h14-15H2,1H3. The van der Waals surface area contributed by atoms with Crippen LogP contribution in [0.25, 0.3) is 0 Å². The minimum absolute atomic E-state index is 0.0169. The molecule has 0 atom stereocenters. The van der Waals surface area contributed by atoms with Crippen molar-refractivity contribution in [2.24, 2.45) is 0 Å². The van der Waals surface area contributed by atoms with Crippen LogP contribution in [0.5, 0.6) is 0 Å². The molecule has 0 aromatic heterocycles. The summed E-state index contributed by atoms with van der Waals surface area (Å²) in [7, 11) is 0. The molecule has 1 aromatic rings. The second-order valence-corrected chi connectivity index (χ2v) is 2.91. The SMILES string of the molecule is Cc1c(N)c(C#N)c(C#N)c(N)c1C#N. The lowest BCUT2D eigenvalue weighted by molar-refractivity contribution is 1.35. The average Bonchev–Trinajstić information content (AvgIpc) is 2.23. The van der Waals surface area contributed by atoms with Crippen molar-refractivity contribution in [2.75, 3.05) is 11.5 Å². The summed E-state index contributed by atoms with van der Waals surface area (Å²) in [5.41, 5.74) is 12.0. The Kier molecular flexibility index (Phi) is 2.47. The summed E-state index contributed by atoms with van der Waals surface area (Å²) in [6, 6.07) is 5.45. The van der Waals surface area contributed by atoms with Gasteiger partial charge in [-0.15, -0.1) is 0 Å². The van der Waals surface area contributed by atoms with Crippen molar-refractivity contribution < 1.29 is 0 Å². The van der Waals surface area contributed by atoms with Crippen LogP contribution in [0.4, 0.5) is 11.4 Å². The quantitative estimate of drug-likeness (QED) is 0.594. The van der Waals surface area contributed by atoms with Crippen LogP contribution in [0.2, 0.25) is 0 Å². The highest BCUT2D eigenvalue weighted by Gasteiger charge is 2.18. The molecule has 72 valence electrons. The van der Waals surface area contributed by atoms with E-state index in [2.05, 4.69) is 0 Å². The topological polar surface area (TPSA) is 123 Å². The largest absolute Gasteiger partial charge is 0.397 e. The molecule has 5 nitrogen and oxygen atoms in total. The van der Waals surface area contributed by atoms with Crippen LogP contribution in [0.15, 0.2) is 0 Å². The summed E-state index contributed by atoms with van der Waals surface area (Å²) in [5.74, 6) is 0. The van der Waals surface area contributed by atoms with Gasteiger partial charge in [-0.05, 0) is 12.5 Å². The van der Waals surface area contributed by atoms with Crippen molar-refractivity contribution in [1.29, 1.82) is 15.8 Å². The van der Waals surface area contributed by atoms with E-state index >= 15 is 0 Å². The summed E-state index contributed by atoms with van der Waals surface area (Å²) in [6.07, 6.45) is 0. The van der Waals surface area contributed by atoms with Crippen LogP contribution in [0.3, 0.4) is 0 Å². The maximum Gasteiger partial charge on any atom is 0.103 e. The molecule has 0 saturated heterocycles. The molecule has 15 heavy (non-hydrogen) atoms. The molecule has 4 N–H and O–H groups in total. The van der Waals surface area contributed by atoms with E-state index in [0.29, 0.717) is 5.56 Å². The van der Waals surface area contributed by atoms with E-state index in [1.54, 1.807) is 13.0 Å². The first-order chi connectivity index (χ1) is 7.08. The lowest BCUT2D eigenvalue weighted by Gasteiger charge is -2.09. The van der Waals surface area contributed by atoms with E-state index in [4.69, 9.17) is 27.3 Å². The number of nitrogens with zero attached hydrogens (tertiary/aromatic N) is 3. The second kappa shape index (κ2) is 3.57. The third-order valence-electron chi connectivity index (χ3n) is 2.17. The Balaban J connectivity index is 3.88. The zero-order chi connectivity index (χ0) is 11.6. The highest BCUT2D eigenvalue weighted by atomic mass is 14.6. The van der Waals surface area contributed by atoms with E-state index in [9.17, 15) is 0 Å². The molecule has 0 aliphatic rings. The number of hydrogen-bond donors (Lipinski definition) is 2. The minimum Gasteiger partial charge on any atom is -0.397 e. The minimum atomic E-state index is -0.0304. The molecule has 0 unspecified atom stereocenters. The Labute approximate surface area is 86.7 Å². The fourth-order valence-electron chi connectivity index (χ4n) is 1.29. The van der Waals surface area contributed by atoms with E-state index in [-0.39, 0.29) is 28.1 Å². The van der Waals surface area contributed by atoms with Crippen LogP contribution >= 0.6 is 0 Å². The summed E-state index contributed by atoms with van der Waals surface area (Å²) < 4.78 is 0. The van der Waals surface area contributed by atoms with Crippen molar-refractivity contribution in [3.63, 3.8) is 0 Å². The first-order valence-corrected chi connectivity index (χ1v) is 4.00. The van der Waals surface area contributed by atoms with Crippen molar-refractivity contribution in [1.82, 2.24) is 0 Å². The second-order valence-electron chi connectivity index (χ2n) is 2.91. The molecule has 0 aliphatic carbocycles. The molecule has 0 amide bonds. The summed E-state index contributed by atoms with van der Waals surface area (Å²) in [5, 5.41) is 26.5. The fraction of sp³-hybridized carbons (Fsp3) is 0.100. The smallest absolute Gasteiger partial charge is 0.103 e. The van der Waals surface area contributed by atoms with Crippen molar-refractivity contribution in [2.45, 2.75) is 6.92 Å². The molecule has 0 fully saturated rings. The van der Waals surface area contributed by atoms with Gasteiger partial charge in [0.15, 0.2) is 0 Å². The zero-order valence-corrected chi connectivity index (χ0v) is 8.00. The predicted molar refractivity (Wildman–Crippen MR) is 54.1 cm³/mol. The molecular formula is C10H7N5. The van der Waals surface area contributed by atoms with Gasteiger partial charge in [0.25, 0.3) is 0 Å². The van der Waals surface area contributed by atoms with E-state index in [0.717, 1.165) is 0 Å². The van der Waals surface area contributed by atoms with Crippen LogP contribution in [0, 0.1) is 40.9 Å². The molecule has 0 radical (unpaired) electrons. The van der Waals surface area contributed by atoms with Gasteiger partial charge in [-0.2, -0.15) is 15.8 Å². The van der Waals surface area contributed by atoms with E-state index < -0.39 is 0 Å². The number of nitriles is 3. The van der Waals surface area contributed by atoms with Gasteiger partial charge in [0.2, 0.25) is 0 Å². The molecule has 0 saturated carbocycles. The fourth-order valence-corrected chi connectivity index (χ4v) is 1.29. The van der Waals surface area contributed by atoms with Crippen molar-refractivity contribution >= 4 is 11.4 Å². The molecule has 1 rings (SSSR count). The first-order valence-electron chi connectivity index (χ1n) is 4.00. The number of nitrogen functional groups attached to an aromatic ring is 2. The number of benzene rings is 1. The van der Waals surface area contributed by atoms with Gasteiger partial charge < -0.3 is 11.5 Å². The van der Waals surface area contributed by atoms with Gasteiger partial charge in [0.05, 0.1) is 28.1 Å². The van der Waals surface area contributed by atoms with E-state index in [1.165, 1.54) is 0 Å². The maximum absolute atomic E-state index is 8.83. The molecule has 0 spiro atoms. The zero-order valence-electron chi connectivity index (χ0n) is 8.00. The van der Waals surface area contributed by atoms with Gasteiger partial charge in [0.1, 0.15) is 18.2 Å². The van der Waals surface area contributed by atoms with Gasteiger partial charge in [-0.1, -0.05) is 0 Å². The number of nitrogens with two attached hydrogens (primary N) is 2. The monoisotopic (exact) mass is 197 g/mol. The highest BCUT2D eigenvalue weighted by Crippen LogP contribution is 2.30. The number of anilines is 2. The Morgan fingerprint density at radius 3 is 1.60 bits per heavy atom. The molecule has 0 bridgehead atoms. The van der Waals surface area contributed by atoms with E-state index in [1.807, 2.05) is 12.1 Å². The third kappa shape index (κ3) is 1.31. The van der Waals surface area contributed by atoms with Gasteiger partial charge in [-0.25, -0.2) is 0 Å². The number of hydrogen-bond acceptors (Lipinski definition) is 5. The first kappa shape index (κ1) is 10.4. The van der Waals surface area contributed by atoms with Crippen LogP contribution in [0.1, 0.15) is 22.3 Å². The van der Waals surface area contributed by atoms with Crippen LogP contribution in [-0.2, 0) is 0 Å². The molecular weight excluding hydrogens is 190 g/mol. The molecule has 1 aromatic carbocycles. The van der Waals surface area contributed by atoms with Crippen LogP contribution < -0.4 is 11.5 Å². The Morgan fingerprint density at radius 2 is 1.20 bits per heavy atom. The van der Waals surface area contributed by atoms with Gasteiger partial charge in [0, 0.05) is 0 Å². The van der Waals surface area contributed by atoms with Crippen molar-refractivity contribution in [3.05, 3.63) is 22.3 Å². The normalized spacial score (nSPS) is 8.67. The summed E-state index contributed by atoms with van der Waals surface area (Å²) in [6.45, 7) is 1.59. The lowest BCUT2D eigenvalue weighted by atomic mass is 9.96. The van der Waals surface area contributed by atoms with Crippen LogP contribution in [-0.4, -0.2) is 0 Å². The lowest BCUT2D eigenvalue weighted by Crippen LogP contribution is -2.05. The Bertz CT molecular complexity index is 551. The molecule has 5 heteroatoms.